The molecule has 156 valence electrons. The van der Waals surface area contributed by atoms with Crippen molar-refractivity contribution in [1.82, 2.24) is 14.8 Å². The number of aliphatic hydroxyl groups is 1. The van der Waals surface area contributed by atoms with Crippen LogP contribution in [0.2, 0.25) is 0 Å². The SMILES string of the molecule is C[C@H](CO)N1C[C@H](C)[C@@H](CN(C)C)Oc2ncc(-c3cccc(F)c3)cc2C1=O. The van der Waals surface area contributed by atoms with Crippen LogP contribution in [-0.4, -0.2) is 71.7 Å². The molecule has 0 unspecified atom stereocenters. The molecule has 3 atom stereocenters. The summed E-state index contributed by atoms with van der Waals surface area (Å²) >= 11 is 0. The molecular weight excluding hydrogens is 373 g/mol. The van der Waals surface area contributed by atoms with Crippen molar-refractivity contribution in [2.24, 2.45) is 5.92 Å². The maximum atomic E-state index is 13.7. The maximum absolute atomic E-state index is 13.7. The quantitative estimate of drug-likeness (QED) is 0.835. The first-order chi connectivity index (χ1) is 13.8. The third kappa shape index (κ3) is 4.74. The number of benzene rings is 1. The number of amides is 1. The van der Waals surface area contributed by atoms with Gasteiger partial charge in [0, 0.05) is 30.8 Å². The van der Waals surface area contributed by atoms with Crippen LogP contribution >= 0.6 is 0 Å². The van der Waals surface area contributed by atoms with Crippen molar-refractivity contribution in [2.75, 3.05) is 33.8 Å². The number of rotatable bonds is 5. The Morgan fingerprint density at radius 1 is 1.34 bits per heavy atom. The van der Waals surface area contributed by atoms with E-state index in [-0.39, 0.29) is 42.3 Å². The van der Waals surface area contributed by atoms with Gasteiger partial charge in [0.05, 0.1) is 12.6 Å². The van der Waals surface area contributed by atoms with Gasteiger partial charge in [0.25, 0.3) is 5.91 Å². The fourth-order valence-electron chi connectivity index (χ4n) is 3.51. The minimum absolute atomic E-state index is 0.0493. The lowest BCUT2D eigenvalue weighted by Crippen LogP contribution is -2.49. The Balaban J connectivity index is 2.08. The summed E-state index contributed by atoms with van der Waals surface area (Å²) in [6.07, 6.45) is 1.43. The normalized spacial score (nSPS) is 20.7. The van der Waals surface area contributed by atoms with E-state index in [9.17, 15) is 14.3 Å². The Kier molecular flexibility index (Phi) is 6.49. The molecule has 0 radical (unpaired) electrons. The Hall–Kier alpha value is -2.51. The largest absolute Gasteiger partial charge is 0.472 e. The first-order valence-electron chi connectivity index (χ1n) is 9.79. The summed E-state index contributed by atoms with van der Waals surface area (Å²) in [4.78, 5) is 21.4. The summed E-state index contributed by atoms with van der Waals surface area (Å²) < 4.78 is 19.8. The van der Waals surface area contributed by atoms with Gasteiger partial charge in [0.2, 0.25) is 5.88 Å². The third-order valence-corrected chi connectivity index (χ3v) is 5.22. The van der Waals surface area contributed by atoms with Crippen molar-refractivity contribution in [1.29, 1.82) is 0 Å². The van der Waals surface area contributed by atoms with Crippen LogP contribution in [0, 0.1) is 11.7 Å². The average molecular weight is 401 g/mol. The molecule has 0 aliphatic carbocycles. The Labute approximate surface area is 170 Å². The van der Waals surface area contributed by atoms with Gasteiger partial charge in [-0.3, -0.25) is 4.79 Å². The highest BCUT2D eigenvalue weighted by Gasteiger charge is 2.34. The first-order valence-corrected chi connectivity index (χ1v) is 9.79. The smallest absolute Gasteiger partial charge is 0.259 e. The molecule has 3 rings (SSSR count). The maximum Gasteiger partial charge on any atom is 0.259 e. The van der Waals surface area contributed by atoms with E-state index in [1.54, 1.807) is 29.3 Å². The predicted molar refractivity (Wildman–Crippen MR) is 109 cm³/mol. The molecule has 1 amide bonds. The number of hydrogen-bond donors (Lipinski definition) is 1. The summed E-state index contributed by atoms with van der Waals surface area (Å²) in [6.45, 7) is 4.85. The van der Waals surface area contributed by atoms with Crippen LogP contribution in [0.5, 0.6) is 5.88 Å². The molecule has 0 bridgehead atoms. The highest BCUT2D eigenvalue weighted by Crippen LogP contribution is 2.30. The summed E-state index contributed by atoms with van der Waals surface area (Å²) in [7, 11) is 3.94. The summed E-state index contributed by atoms with van der Waals surface area (Å²) in [5, 5.41) is 9.68. The lowest BCUT2D eigenvalue weighted by Gasteiger charge is -2.37. The van der Waals surface area contributed by atoms with E-state index in [0.717, 1.165) is 0 Å². The van der Waals surface area contributed by atoms with Gasteiger partial charge in [0.1, 0.15) is 17.5 Å². The van der Waals surface area contributed by atoms with Crippen molar-refractivity contribution in [3.8, 4) is 17.0 Å². The van der Waals surface area contributed by atoms with Crippen molar-refractivity contribution in [3.05, 3.63) is 47.9 Å². The molecule has 0 saturated carbocycles. The topological polar surface area (TPSA) is 65.9 Å². The fourth-order valence-corrected chi connectivity index (χ4v) is 3.51. The Morgan fingerprint density at radius 3 is 2.76 bits per heavy atom. The number of halogens is 1. The average Bonchev–Trinajstić information content (AvgIpc) is 2.69. The Bertz CT molecular complexity index is 874. The molecule has 2 aromatic rings. The van der Waals surface area contributed by atoms with E-state index in [0.29, 0.717) is 29.8 Å². The van der Waals surface area contributed by atoms with Crippen LogP contribution in [0.3, 0.4) is 0 Å². The zero-order valence-electron chi connectivity index (χ0n) is 17.3. The molecule has 1 aromatic carbocycles. The number of fused-ring (bicyclic) bond motifs is 1. The van der Waals surface area contributed by atoms with Gasteiger partial charge in [0.15, 0.2) is 0 Å². The molecule has 1 aliphatic heterocycles. The summed E-state index contributed by atoms with van der Waals surface area (Å²) in [5.74, 6) is -0.286. The van der Waals surface area contributed by atoms with Crippen LogP contribution in [0.15, 0.2) is 36.5 Å². The van der Waals surface area contributed by atoms with Crippen LogP contribution in [0.4, 0.5) is 4.39 Å². The highest BCUT2D eigenvalue weighted by atomic mass is 19.1. The van der Waals surface area contributed by atoms with Crippen molar-refractivity contribution in [3.63, 3.8) is 0 Å². The number of likely N-dealkylation sites (N-methyl/N-ethyl adjacent to an activating group) is 1. The van der Waals surface area contributed by atoms with E-state index >= 15 is 0 Å². The Morgan fingerprint density at radius 2 is 2.10 bits per heavy atom. The van der Waals surface area contributed by atoms with E-state index < -0.39 is 0 Å². The van der Waals surface area contributed by atoms with E-state index in [1.165, 1.54) is 12.1 Å². The second-order valence-electron chi connectivity index (χ2n) is 7.97. The molecule has 29 heavy (non-hydrogen) atoms. The number of aliphatic hydroxyl groups excluding tert-OH is 1. The van der Waals surface area contributed by atoms with Crippen LogP contribution < -0.4 is 4.74 Å². The molecular formula is C22H28FN3O3. The van der Waals surface area contributed by atoms with Gasteiger partial charge < -0.3 is 19.6 Å². The monoisotopic (exact) mass is 401 g/mol. The number of hydrogen-bond acceptors (Lipinski definition) is 5. The minimum atomic E-state index is -0.354. The minimum Gasteiger partial charge on any atom is -0.472 e. The second kappa shape index (κ2) is 8.88. The number of carbonyl (C=O) groups excluding carboxylic acids is 1. The van der Waals surface area contributed by atoms with Crippen LogP contribution in [-0.2, 0) is 0 Å². The molecule has 1 aromatic heterocycles. The van der Waals surface area contributed by atoms with Crippen LogP contribution in [0.25, 0.3) is 11.1 Å². The number of nitrogens with zero attached hydrogens (tertiary/aromatic N) is 3. The lowest BCUT2D eigenvalue weighted by molar-refractivity contribution is 0.0348. The molecule has 2 heterocycles. The molecule has 0 fully saturated rings. The summed E-state index contributed by atoms with van der Waals surface area (Å²) in [5.41, 5.74) is 1.59. The van der Waals surface area contributed by atoms with Gasteiger partial charge in [-0.05, 0) is 44.8 Å². The van der Waals surface area contributed by atoms with Crippen molar-refractivity contribution >= 4 is 5.91 Å². The van der Waals surface area contributed by atoms with E-state index in [2.05, 4.69) is 4.98 Å². The number of ether oxygens (including phenoxy) is 1. The molecule has 0 saturated heterocycles. The molecule has 1 aliphatic rings. The van der Waals surface area contributed by atoms with Gasteiger partial charge in [-0.15, -0.1) is 0 Å². The van der Waals surface area contributed by atoms with E-state index in [4.69, 9.17) is 4.74 Å². The molecule has 1 N–H and O–H groups in total. The number of carbonyl (C=O) groups is 1. The van der Waals surface area contributed by atoms with Gasteiger partial charge in [-0.25, -0.2) is 9.37 Å². The molecule has 7 heteroatoms. The zero-order valence-corrected chi connectivity index (χ0v) is 17.3. The molecule has 6 nitrogen and oxygen atoms in total. The standard InChI is InChI=1S/C22H28FN3O3/c1-14-11-26(15(2)13-27)22(28)19-9-17(16-6-5-7-18(23)8-16)10-24-21(19)29-20(14)12-25(3)4/h5-10,14-15,20,27H,11-13H2,1-4H3/t14-,15+,20+/m0/s1. The molecule has 0 spiro atoms. The van der Waals surface area contributed by atoms with E-state index in [1.807, 2.05) is 32.8 Å². The first kappa shape index (κ1) is 21.2. The fraction of sp³-hybridized carbons (Fsp3) is 0.455. The van der Waals surface area contributed by atoms with Gasteiger partial charge in [-0.1, -0.05) is 19.1 Å². The van der Waals surface area contributed by atoms with Crippen molar-refractivity contribution < 1.29 is 19.0 Å². The van der Waals surface area contributed by atoms with Gasteiger partial charge in [-0.2, -0.15) is 0 Å². The van der Waals surface area contributed by atoms with Crippen molar-refractivity contribution in [2.45, 2.75) is 26.0 Å². The lowest BCUT2D eigenvalue weighted by atomic mass is 9.99. The number of aromatic nitrogens is 1. The third-order valence-electron chi connectivity index (χ3n) is 5.22. The second-order valence-corrected chi connectivity index (χ2v) is 7.97. The highest BCUT2D eigenvalue weighted by molar-refractivity contribution is 5.98. The van der Waals surface area contributed by atoms with Gasteiger partial charge >= 0.3 is 0 Å². The predicted octanol–water partition coefficient (Wildman–Crippen LogP) is 2.67. The van der Waals surface area contributed by atoms with Crippen LogP contribution in [0.1, 0.15) is 24.2 Å². The summed E-state index contributed by atoms with van der Waals surface area (Å²) in [6, 6.07) is 7.52. The number of pyridine rings is 1. The zero-order chi connectivity index (χ0) is 21.1.